The Morgan fingerprint density at radius 3 is 2.56 bits per heavy atom. The van der Waals surface area contributed by atoms with Crippen LogP contribution >= 0.6 is 0 Å². The largest absolute Gasteiger partial charge is 0.460 e. The highest BCUT2D eigenvalue weighted by atomic mass is 16.6. The molecule has 2 aromatic rings. The molecule has 0 saturated carbocycles. The van der Waals surface area contributed by atoms with E-state index in [-0.39, 0.29) is 5.69 Å². The molecule has 0 spiro atoms. The monoisotopic (exact) mass is 246 g/mol. The molecule has 18 heavy (non-hydrogen) atoms. The molecule has 0 bridgehead atoms. The summed E-state index contributed by atoms with van der Waals surface area (Å²) in [6.45, 7) is 3.59. The molecule has 1 aromatic carbocycles. The topological polar surface area (TPSA) is 68.3 Å². The van der Waals surface area contributed by atoms with Crippen LogP contribution in [0.3, 0.4) is 0 Å². The van der Waals surface area contributed by atoms with E-state index in [0.29, 0.717) is 6.54 Å². The molecule has 1 heterocycles. The Balaban J connectivity index is 2.15. The third-order valence-electron chi connectivity index (χ3n) is 2.57. The van der Waals surface area contributed by atoms with Gasteiger partial charge >= 0.3 is 0 Å². The van der Waals surface area contributed by atoms with Gasteiger partial charge in [-0.3, -0.25) is 10.1 Å². The van der Waals surface area contributed by atoms with E-state index in [1.807, 2.05) is 19.1 Å². The van der Waals surface area contributed by atoms with Crippen molar-refractivity contribution in [1.29, 1.82) is 0 Å². The van der Waals surface area contributed by atoms with Gasteiger partial charge in [0.25, 0.3) is 5.69 Å². The second-order valence-corrected chi connectivity index (χ2v) is 3.85. The minimum absolute atomic E-state index is 0.0816. The van der Waals surface area contributed by atoms with Gasteiger partial charge in [-0.05, 0) is 30.8 Å². The Morgan fingerprint density at radius 1 is 1.22 bits per heavy atom. The molecule has 94 valence electrons. The van der Waals surface area contributed by atoms with E-state index in [1.165, 1.54) is 12.1 Å². The molecule has 0 radical (unpaired) electrons. The molecule has 5 nitrogen and oxygen atoms in total. The van der Waals surface area contributed by atoms with Gasteiger partial charge in [-0.15, -0.1) is 0 Å². The van der Waals surface area contributed by atoms with Crippen LogP contribution in [0.1, 0.15) is 12.7 Å². The summed E-state index contributed by atoms with van der Waals surface area (Å²) in [5.41, 5.74) is 0.918. The third kappa shape index (κ3) is 2.75. The maximum Gasteiger partial charge on any atom is 0.269 e. The molecule has 0 aliphatic carbocycles. The van der Waals surface area contributed by atoms with Gasteiger partial charge < -0.3 is 9.73 Å². The van der Waals surface area contributed by atoms with E-state index in [4.69, 9.17) is 4.42 Å². The number of furan rings is 1. The first-order valence-electron chi connectivity index (χ1n) is 5.75. The average molecular weight is 246 g/mol. The number of hydrogen-bond donors (Lipinski definition) is 1. The molecule has 0 saturated heterocycles. The van der Waals surface area contributed by atoms with Gasteiger partial charge in [-0.1, -0.05) is 6.92 Å². The fourth-order valence-electron chi connectivity index (χ4n) is 1.62. The summed E-state index contributed by atoms with van der Waals surface area (Å²) >= 11 is 0. The SMILES string of the molecule is CCNCc1ccc(-c2ccc([N+](=O)[O-])cc2)o1. The summed E-state index contributed by atoms with van der Waals surface area (Å²) in [6, 6.07) is 10.1. The highest BCUT2D eigenvalue weighted by Crippen LogP contribution is 2.24. The van der Waals surface area contributed by atoms with Crippen LogP contribution in [0.5, 0.6) is 0 Å². The maximum absolute atomic E-state index is 10.5. The lowest BCUT2D eigenvalue weighted by Crippen LogP contribution is -2.10. The van der Waals surface area contributed by atoms with E-state index in [9.17, 15) is 10.1 Å². The summed E-state index contributed by atoms with van der Waals surface area (Å²) in [5, 5.41) is 13.7. The molecule has 0 aliphatic heterocycles. The van der Waals surface area contributed by atoms with Crippen molar-refractivity contribution in [2.75, 3.05) is 6.54 Å². The highest BCUT2D eigenvalue weighted by molar-refractivity contribution is 5.59. The Kier molecular flexibility index (Phi) is 3.74. The number of non-ortho nitro benzene ring substituents is 1. The number of benzene rings is 1. The van der Waals surface area contributed by atoms with Gasteiger partial charge in [-0.25, -0.2) is 0 Å². The van der Waals surface area contributed by atoms with Gasteiger partial charge in [0, 0.05) is 17.7 Å². The van der Waals surface area contributed by atoms with Gasteiger partial charge in [0.05, 0.1) is 11.5 Å². The predicted molar refractivity (Wildman–Crippen MR) is 68.2 cm³/mol. The number of nitrogens with one attached hydrogen (secondary N) is 1. The molecule has 5 heteroatoms. The second-order valence-electron chi connectivity index (χ2n) is 3.85. The van der Waals surface area contributed by atoms with Crippen molar-refractivity contribution in [3.05, 3.63) is 52.3 Å². The summed E-state index contributed by atoms with van der Waals surface area (Å²) in [4.78, 5) is 10.1. The van der Waals surface area contributed by atoms with Crippen LogP contribution in [-0.4, -0.2) is 11.5 Å². The fourth-order valence-corrected chi connectivity index (χ4v) is 1.62. The zero-order chi connectivity index (χ0) is 13.0. The van der Waals surface area contributed by atoms with Crippen molar-refractivity contribution in [3.8, 4) is 11.3 Å². The van der Waals surface area contributed by atoms with Crippen molar-refractivity contribution in [3.63, 3.8) is 0 Å². The Labute approximate surface area is 105 Å². The molecular formula is C13H14N2O3. The smallest absolute Gasteiger partial charge is 0.269 e. The molecular weight excluding hydrogens is 232 g/mol. The van der Waals surface area contributed by atoms with Gasteiger partial charge in [0.1, 0.15) is 11.5 Å². The first kappa shape index (κ1) is 12.3. The van der Waals surface area contributed by atoms with Crippen molar-refractivity contribution >= 4 is 5.69 Å². The fraction of sp³-hybridized carbons (Fsp3) is 0.231. The first-order valence-corrected chi connectivity index (χ1v) is 5.75. The van der Waals surface area contributed by atoms with E-state index in [0.717, 1.165) is 23.6 Å². The van der Waals surface area contributed by atoms with Crippen LogP contribution in [-0.2, 0) is 6.54 Å². The number of nitrogens with zero attached hydrogens (tertiary/aromatic N) is 1. The minimum Gasteiger partial charge on any atom is -0.460 e. The molecule has 2 rings (SSSR count). The molecule has 1 N–H and O–H groups in total. The zero-order valence-electron chi connectivity index (χ0n) is 10.1. The van der Waals surface area contributed by atoms with Crippen molar-refractivity contribution < 1.29 is 9.34 Å². The summed E-state index contributed by atoms with van der Waals surface area (Å²) < 4.78 is 5.64. The van der Waals surface area contributed by atoms with Gasteiger partial charge in [0.15, 0.2) is 0 Å². The number of rotatable bonds is 5. The second kappa shape index (κ2) is 5.46. The Hall–Kier alpha value is -2.14. The molecule has 0 amide bonds. The number of nitro benzene ring substituents is 1. The van der Waals surface area contributed by atoms with Crippen LogP contribution in [0.25, 0.3) is 11.3 Å². The summed E-state index contributed by atoms with van der Waals surface area (Å²) in [5.74, 6) is 1.57. The van der Waals surface area contributed by atoms with Crippen LogP contribution in [0.2, 0.25) is 0 Å². The molecule has 1 aromatic heterocycles. The lowest BCUT2D eigenvalue weighted by Gasteiger charge is -1.98. The molecule has 0 unspecified atom stereocenters. The van der Waals surface area contributed by atoms with E-state index >= 15 is 0 Å². The van der Waals surface area contributed by atoms with E-state index in [2.05, 4.69) is 5.32 Å². The van der Waals surface area contributed by atoms with E-state index < -0.39 is 4.92 Å². The first-order chi connectivity index (χ1) is 8.70. The quantitative estimate of drug-likeness (QED) is 0.650. The van der Waals surface area contributed by atoms with Crippen LogP contribution in [0.15, 0.2) is 40.8 Å². The molecule has 0 fully saturated rings. The van der Waals surface area contributed by atoms with Crippen LogP contribution < -0.4 is 5.32 Å². The highest BCUT2D eigenvalue weighted by Gasteiger charge is 2.08. The minimum atomic E-state index is -0.414. The third-order valence-corrected chi connectivity index (χ3v) is 2.57. The van der Waals surface area contributed by atoms with Crippen molar-refractivity contribution in [2.45, 2.75) is 13.5 Å². The standard InChI is InChI=1S/C13H14N2O3/c1-2-14-9-12-7-8-13(18-12)10-3-5-11(6-4-10)15(16)17/h3-8,14H,2,9H2,1H3. The average Bonchev–Trinajstić information content (AvgIpc) is 2.85. The Morgan fingerprint density at radius 2 is 1.94 bits per heavy atom. The summed E-state index contributed by atoms with van der Waals surface area (Å²) in [6.07, 6.45) is 0. The summed E-state index contributed by atoms with van der Waals surface area (Å²) in [7, 11) is 0. The lowest BCUT2D eigenvalue weighted by molar-refractivity contribution is -0.384. The van der Waals surface area contributed by atoms with Gasteiger partial charge in [0.2, 0.25) is 0 Å². The van der Waals surface area contributed by atoms with Gasteiger partial charge in [-0.2, -0.15) is 0 Å². The number of hydrogen-bond acceptors (Lipinski definition) is 4. The lowest BCUT2D eigenvalue weighted by atomic mass is 10.1. The van der Waals surface area contributed by atoms with Crippen molar-refractivity contribution in [1.82, 2.24) is 5.32 Å². The Bertz CT molecular complexity index is 531. The maximum atomic E-state index is 10.5. The molecule has 0 atom stereocenters. The predicted octanol–water partition coefficient (Wildman–Crippen LogP) is 2.96. The van der Waals surface area contributed by atoms with Crippen LogP contribution in [0.4, 0.5) is 5.69 Å². The van der Waals surface area contributed by atoms with E-state index in [1.54, 1.807) is 12.1 Å². The van der Waals surface area contributed by atoms with Crippen molar-refractivity contribution in [2.24, 2.45) is 0 Å². The zero-order valence-corrected chi connectivity index (χ0v) is 10.1. The normalized spacial score (nSPS) is 10.5. The van der Waals surface area contributed by atoms with Crippen LogP contribution in [0, 0.1) is 10.1 Å². The molecule has 0 aliphatic rings. The number of nitro groups is 1.